The van der Waals surface area contributed by atoms with E-state index in [9.17, 15) is 0 Å². The normalized spacial score (nSPS) is 12.0. The van der Waals surface area contributed by atoms with Crippen LogP contribution in [0.15, 0.2) is 54.7 Å². The summed E-state index contributed by atoms with van der Waals surface area (Å²) in [5.74, 6) is 0. The number of hydrogen-bond donors (Lipinski definition) is 0. The highest BCUT2D eigenvalue weighted by Crippen LogP contribution is 2.26. The predicted octanol–water partition coefficient (Wildman–Crippen LogP) is 5.64. The second-order valence-corrected chi connectivity index (χ2v) is 6.97. The summed E-state index contributed by atoms with van der Waals surface area (Å²) in [4.78, 5) is 0. The molecule has 0 aliphatic rings. The third-order valence-corrected chi connectivity index (χ3v) is 4.26. The van der Waals surface area contributed by atoms with Gasteiger partial charge in [-0.05, 0) is 34.7 Å². The minimum atomic E-state index is 0.201. The number of nitrogens with zero attached hydrogens (tertiary/aromatic N) is 1. The molecule has 0 N–H and O–H groups in total. The SMILES string of the molecule is CC(C)(C)c1ccc(Cn2ccc3c(Cl)cccc32)cc1. The summed E-state index contributed by atoms with van der Waals surface area (Å²) >= 11 is 6.23. The van der Waals surface area contributed by atoms with Crippen LogP contribution in [0.5, 0.6) is 0 Å². The van der Waals surface area contributed by atoms with Gasteiger partial charge in [-0.1, -0.05) is 62.7 Å². The lowest BCUT2D eigenvalue weighted by molar-refractivity contribution is 0.590. The fraction of sp³-hybridized carbons (Fsp3) is 0.263. The van der Waals surface area contributed by atoms with Crippen LogP contribution >= 0.6 is 11.6 Å². The summed E-state index contributed by atoms with van der Waals surface area (Å²) in [5.41, 5.74) is 4.06. The van der Waals surface area contributed by atoms with Gasteiger partial charge in [0.2, 0.25) is 0 Å². The van der Waals surface area contributed by atoms with Crippen molar-refractivity contribution in [3.63, 3.8) is 0 Å². The van der Waals surface area contributed by atoms with Crippen LogP contribution in [0, 0.1) is 0 Å². The van der Waals surface area contributed by atoms with Gasteiger partial charge in [0.25, 0.3) is 0 Å². The molecule has 0 atom stereocenters. The minimum absolute atomic E-state index is 0.201. The molecule has 0 aliphatic carbocycles. The van der Waals surface area contributed by atoms with Crippen LogP contribution in [0.4, 0.5) is 0 Å². The molecule has 2 heteroatoms. The van der Waals surface area contributed by atoms with E-state index >= 15 is 0 Å². The topological polar surface area (TPSA) is 4.93 Å². The summed E-state index contributed by atoms with van der Waals surface area (Å²) in [5, 5.41) is 1.93. The van der Waals surface area contributed by atoms with Crippen molar-refractivity contribution in [2.45, 2.75) is 32.7 Å². The molecule has 0 spiro atoms. The fourth-order valence-corrected chi connectivity index (χ4v) is 2.86. The van der Waals surface area contributed by atoms with Gasteiger partial charge in [-0.3, -0.25) is 0 Å². The Bertz CT molecular complexity index is 760. The van der Waals surface area contributed by atoms with Gasteiger partial charge in [-0.15, -0.1) is 0 Å². The number of hydrogen-bond acceptors (Lipinski definition) is 0. The molecule has 0 amide bonds. The van der Waals surface area contributed by atoms with Gasteiger partial charge in [-0.2, -0.15) is 0 Å². The van der Waals surface area contributed by atoms with Gasteiger partial charge in [0.05, 0.1) is 0 Å². The molecule has 0 saturated carbocycles. The van der Waals surface area contributed by atoms with Crippen LogP contribution in [0.25, 0.3) is 10.9 Å². The molecule has 0 radical (unpaired) electrons. The van der Waals surface area contributed by atoms with Crippen molar-refractivity contribution >= 4 is 22.5 Å². The van der Waals surface area contributed by atoms with Crippen molar-refractivity contribution in [3.8, 4) is 0 Å². The molecule has 0 fully saturated rings. The number of halogens is 1. The zero-order valence-electron chi connectivity index (χ0n) is 12.7. The summed E-state index contributed by atoms with van der Waals surface area (Å²) in [6.07, 6.45) is 2.11. The van der Waals surface area contributed by atoms with Crippen molar-refractivity contribution in [3.05, 3.63) is 70.9 Å². The summed E-state index contributed by atoms with van der Waals surface area (Å²) in [6, 6.07) is 17.0. The molecule has 0 aliphatic heterocycles. The van der Waals surface area contributed by atoms with Gasteiger partial charge >= 0.3 is 0 Å². The van der Waals surface area contributed by atoms with E-state index in [1.807, 2.05) is 12.1 Å². The molecule has 0 bridgehead atoms. The smallest absolute Gasteiger partial charge is 0.0499 e. The first kappa shape index (κ1) is 14.2. The molecule has 108 valence electrons. The summed E-state index contributed by atoms with van der Waals surface area (Å²) < 4.78 is 2.24. The first-order valence-electron chi connectivity index (χ1n) is 7.28. The van der Waals surface area contributed by atoms with E-state index in [4.69, 9.17) is 11.6 Å². The van der Waals surface area contributed by atoms with Crippen LogP contribution in [0.2, 0.25) is 5.02 Å². The molecule has 1 nitrogen and oxygen atoms in total. The first-order chi connectivity index (χ1) is 9.95. The maximum Gasteiger partial charge on any atom is 0.0499 e. The van der Waals surface area contributed by atoms with Gasteiger partial charge < -0.3 is 4.57 Å². The molecule has 3 aromatic rings. The Morgan fingerprint density at radius 3 is 2.33 bits per heavy atom. The second-order valence-electron chi connectivity index (χ2n) is 6.56. The first-order valence-corrected chi connectivity index (χ1v) is 7.66. The van der Waals surface area contributed by atoms with Crippen LogP contribution < -0.4 is 0 Å². The van der Waals surface area contributed by atoms with Crippen molar-refractivity contribution in [1.29, 1.82) is 0 Å². The third-order valence-electron chi connectivity index (χ3n) is 3.93. The standard InChI is InChI=1S/C19H20ClN/c1-19(2,3)15-9-7-14(8-10-15)13-21-12-11-16-17(20)5-4-6-18(16)21/h4-12H,13H2,1-3H3. The lowest BCUT2D eigenvalue weighted by Crippen LogP contribution is -2.10. The van der Waals surface area contributed by atoms with Crippen molar-refractivity contribution in [1.82, 2.24) is 4.57 Å². The van der Waals surface area contributed by atoms with E-state index < -0.39 is 0 Å². The highest BCUT2D eigenvalue weighted by molar-refractivity contribution is 6.35. The second kappa shape index (κ2) is 5.23. The van der Waals surface area contributed by atoms with E-state index in [-0.39, 0.29) is 5.41 Å². The number of benzene rings is 2. The van der Waals surface area contributed by atoms with Crippen molar-refractivity contribution in [2.75, 3.05) is 0 Å². The molecule has 21 heavy (non-hydrogen) atoms. The number of aromatic nitrogens is 1. The Morgan fingerprint density at radius 1 is 0.952 bits per heavy atom. The van der Waals surface area contributed by atoms with E-state index in [0.29, 0.717) is 0 Å². The van der Waals surface area contributed by atoms with Gasteiger partial charge in [0.1, 0.15) is 0 Å². The largest absolute Gasteiger partial charge is 0.343 e. The molecular weight excluding hydrogens is 278 g/mol. The Balaban J connectivity index is 1.90. The molecule has 2 aromatic carbocycles. The lowest BCUT2D eigenvalue weighted by atomic mass is 9.87. The van der Waals surface area contributed by atoms with Gasteiger partial charge in [0.15, 0.2) is 0 Å². The Labute approximate surface area is 131 Å². The minimum Gasteiger partial charge on any atom is -0.343 e. The fourth-order valence-electron chi connectivity index (χ4n) is 2.63. The zero-order chi connectivity index (χ0) is 15.0. The summed E-state index contributed by atoms with van der Waals surface area (Å²) in [6.45, 7) is 7.59. The average Bonchev–Trinajstić information content (AvgIpc) is 2.83. The van der Waals surface area contributed by atoms with Crippen molar-refractivity contribution < 1.29 is 0 Å². The Hall–Kier alpha value is -1.73. The highest BCUT2D eigenvalue weighted by atomic mass is 35.5. The van der Waals surface area contributed by atoms with E-state index in [0.717, 1.165) is 17.0 Å². The van der Waals surface area contributed by atoms with Crippen molar-refractivity contribution in [2.24, 2.45) is 0 Å². The van der Waals surface area contributed by atoms with Crippen LogP contribution in [0.1, 0.15) is 31.9 Å². The van der Waals surface area contributed by atoms with Gasteiger partial charge in [0, 0.05) is 28.7 Å². The Kier molecular flexibility index (Phi) is 3.54. The maximum atomic E-state index is 6.23. The highest BCUT2D eigenvalue weighted by Gasteiger charge is 2.13. The van der Waals surface area contributed by atoms with E-state index in [2.05, 4.69) is 67.9 Å². The molecule has 1 heterocycles. The molecular formula is C19H20ClN. The summed E-state index contributed by atoms with van der Waals surface area (Å²) in [7, 11) is 0. The van der Waals surface area contributed by atoms with E-state index in [1.54, 1.807) is 0 Å². The van der Waals surface area contributed by atoms with Crippen LogP contribution in [0.3, 0.4) is 0 Å². The van der Waals surface area contributed by atoms with Gasteiger partial charge in [-0.25, -0.2) is 0 Å². The lowest BCUT2D eigenvalue weighted by Gasteiger charge is -2.19. The quantitative estimate of drug-likeness (QED) is 0.577. The Morgan fingerprint density at radius 2 is 1.67 bits per heavy atom. The number of rotatable bonds is 2. The molecule has 0 saturated heterocycles. The molecule has 0 unspecified atom stereocenters. The third kappa shape index (κ3) is 2.84. The zero-order valence-corrected chi connectivity index (χ0v) is 13.5. The maximum absolute atomic E-state index is 6.23. The molecule has 3 rings (SSSR count). The predicted molar refractivity (Wildman–Crippen MR) is 91.2 cm³/mol. The average molecular weight is 298 g/mol. The number of fused-ring (bicyclic) bond motifs is 1. The molecule has 1 aromatic heterocycles. The van der Waals surface area contributed by atoms with Crippen LogP contribution in [-0.4, -0.2) is 4.57 Å². The van der Waals surface area contributed by atoms with Crippen LogP contribution in [-0.2, 0) is 12.0 Å². The monoisotopic (exact) mass is 297 g/mol. The van der Waals surface area contributed by atoms with E-state index in [1.165, 1.54) is 16.6 Å².